The molecule has 2 atom stereocenters. The summed E-state index contributed by atoms with van der Waals surface area (Å²) in [6, 6.07) is 7.66. The summed E-state index contributed by atoms with van der Waals surface area (Å²) >= 11 is 6.04. The van der Waals surface area contributed by atoms with Crippen molar-refractivity contribution >= 4 is 17.7 Å². The molecule has 1 aliphatic heterocycles. The van der Waals surface area contributed by atoms with Crippen LogP contribution >= 0.6 is 11.6 Å². The van der Waals surface area contributed by atoms with Gasteiger partial charge in [0.2, 0.25) is 0 Å². The normalized spacial score (nSPS) is 21.6. The van der Waals surface area contributed by atoms with Crippen LogP contribution in [0.1, 0.15) is 25.3 Å². The van der Waals surface area contributed by atoms with Gasteiger partial charge in [-0.25, -0.2) is 4.79 Å². The lowest BCUT2D eigenvalue weighted by atomic mass is 9.92. The molecular weight excluding hydrogens is 324 g/mol. The third-order valence-corrected chi connectivity index (χ3v) is 4.77. The number of rotatable bonds is 3. The average Bonchev–Trinajstić information content (AvgIpc) is 3.41. The molecule has 3 rings (SSSR count). The van der Waals surface area contributed by atoms with Crippen LogP contribution in [0.5, 0.6) is 0 Å². The number of hydrogen-bond donors (Lipinski definition) is 1. The average molecular weight is 347 g/mol. The maximum absolute atomic E-state index is 12.3. The summed E-state index contributed by atoms with van der Waals surface area (Å²) in [7, 11) is 0. The SMILES string of the molecule is CCOC(=O)N1CCNCC1C(C#Cc1cccc(Cl)c1)C1CC1. The molecule has 1 heterocycles. The van der Waals surface area contributed by atoms with Crippen molar-refractivity contribution in [1.82, 2.24) is 10.2 Å². The number of halogens is 1. The fraction of sp³-hybridized carbons (Fsp3) is 0.526. The van der Waals surface area contributed by atoms with E-state index in [1.54, 1.807) is 0 Å². The molecule has 0 bridgehead atoms. The highest BCUT2D eigenvalue weighted by Gasteiger charge is 2.41. The van der Waals surface area contributed by atoms with Gasteiger partial charge >= 0.3 is 6.09 Å². The van der Waals surface area contributed by atoms with E-state index in [9.17, 15) is 4.79 Å². The number of hydrogen-bond acceptors (Lipinski definition) is 3. The highest BCUT2D eigenvalue weighted by atomic mass is 35.5. The van der Waals surface area contributed by atoms with Gasteiger partial charge in [-0.05, 0) is 43.9 Å². The van der Waals surface area contributed by atoms with Crippen LogP contribution in [-0.4, -0.2) is 43.3 Å². The molecule has 1 amide bonds. The second-order valence-electron chi connectivity index (χ2n) is 6.31. The lowest BCUT2D eigenvalue weighted by Crippen LogP contribution is -2.56. The first-order valence-corrected chi connectivity index (χ1v) is 8.98. The van der Waals surface area contributed by atoms with E-state index < -0.39 is 0 Å². The lowest BCUT2D eigenvalue weighted by Gasteiger charge is -2.38. The van der Waals surface area contributed by atoms with Crippen LogP contribution < -0.4 is 5.32 Å². The van der Waals surface area contributed by atoms with Crippen LogP contribution in [0, 0.1) is 23.7 Å². The van der Waals surface area contributed by atoms with Crippen LogP contribution in [-0.2, 0) is 4.74 Å². The number of benzene rings is 1. The zero-order valence-corrected chi connectivity index (χ0v) is 14.7. The second-order valence-corrected chi connectivity index (χ2v) is 6.74. The van der Waals surface area contributed by atoms with Gasteiger partial charge in [-0.2, -0.15) is 0 Å². The number of ether oxygens (including phenoxy) is 1. The predicted octanol–water partition coefficient (Wildman–Crippen LogP) is 3.15. The van der Waals surface area contributed by atoms with Gasteiger partial charge in [-0.1, -0.05) is 29.5 Å². The molecule has 2 fully saturated rings. The van der Waals surface area contributed by atoms with Crippen LogP contribution in [0.15, 0.2) is 24.3 Å². The molecule has 0 spiro atoms. The minimum absolute atomic E-state index is 0.0667. The monoisotopic (exact) mass is 346 g/mol. The van der Waals surface area contributed by atoms with E-state index >= 15 is 0 Å². The van der Waals surface area contributed by atoms with Crippen LogP contribution in [0.3, 0.4) is 0 Å². The maximum atomic E-state index is 12.3. The maximum Gasteiger partial charge on any atom is 0.410 e. The molecule has 5 heteroatoms. The Hall–Kier alpha value is -1.70. The zero-order valence-electron chi connectivity index (χ0n) is 13.9. The Labute approximate surface area is 148 Å². The summed E-state index contributed by atoms with van der Waals surface area (Å²) in [4.78, 5) is 14.1. The number of amides is 1. The van der Waals surface area contributed by atoms with Gasteiger partial charge in [0.05, 0.1) is 12.6 Å². The Kier molecular flexibility index (Phi) is 5.65. The fourth-order valence-electron chi connectivity index (χ4n) is 3.20. The third kappa shape index (κ3) is 4.23. The van der Waals surface area contributed by atoms with Gasteiger partial charge in [-0.3, -0.25) is 0 Å². The number of carbonyl (C=O) groups is 1. The Morgan fingerprint density at radius 1 is 1.50 bits per heavy atom. The van der Waals surface area contributed by atoms with Crippen molar-refractivity contribution in [1.29, 1.82) is 0 Å². The van der Waals surface area contributed by atoms with Crippen molar-refractivity contribution in [3.63, 3.8) is 0 Å². The Bertz CT molecular complexity index is 648. The van der Waals surface area contributed by atoms with Crippen molar-refractivity contribution in [3.8, 4) is 11.8 Å². The summed E-state index contributed by atoms with van der Waals surface area (Å²) in [5, 5.41) is 4.09. The molecule has 1 N–H and O–H groups in total. The number of nitrogens with zero attached hydrogens (tertiary/aromatic N) is 1. The summed E-state index contributed by atoms with van der Waals surface area (Å²) in [6.45, 7) is 4.48. The smallest absolute Gasteiger partial charge is 0.410 e. The molecule has 2 unspecified atom stereocenters. The van der Waals surface area contributed by atoms with Crippen molar-refractivity contribution in [2.24, 2.45) is 11.8 Å². The van der Waals surface area contributed by atoms with E-state index in [0.717, 1.165) is 18.7 Å². The Morgan fingerprint density at radius 2 is 2.33 bits per heavy atom. The van der Waals surface area contributed by atoms with Gasteiger partial charge in [0.1, 0.15) is 0 Å². The van der Waals surface area contributed by atoms with Crippen molar-refractivity contribution in [2.45, 2.75) is 25.8 Å². The first kappa shape index (κ1) is 17.1. The lowest BCUT2D eigenvalue weighted by molar-refractivity contribution is 0.0690. The largest absolute Gasteiger partial charge is 0.450 e. The fourth-order valence-corrected chi connectivity index (χ4v) is 3.39. The Morgan fingerprint density at radius 3 is 3.04 bits per heavy atom. The van der Waals surface area contributed by atoms with Crippen LogP contribution in [0.25, 0.3) is 0 Å². The standard InChI is InChI=1S/C19H23ClN2O2/c1-2-24-19(23)22-11-10-21-13-18(22)17(15-7-8-15)9-6-14-4-3-5-16(20)12-14/h3-5,12,15,17-18,21H,2,7-8,10-11,13H2,1H3. The van der Waals surface area contributed by atoms with E-state index in [-0.39, 0.29) is 18.1 Å². The zero-order chi connectivity index (χ0) is 16.9. The third-order valence-electron chi connectivity index (χ3n) is 4.54. The minimum atomic E-state index is -0.223. The summed E-state index contributed by atoms with van der Waals surface area (Å²) in [5.74, 6) is 7.41. The quantitative estimate of drug-likeness (QED) is 0.855. The number of piperazine rings is 1. The van der Waals surface area contributed by atoms with Crippen molar-refractivity contribution in [3.05, 3.63) is 34.9 Å². The summed E-state index contributed by atoms with van der Waals surface area (Å²) in [6.07, 6.45) is 2.14. The summed E-state index contributed by atoms with van der Waals surface area (Å²) in [5.41, 5.74) is 0.916. The van der Waals surface area contributed by atoms with Crippen molar-refractivity contribution < 1.29 is 9.53 Å². The van der Waals surface area contributed by atoms with E-state index in [1.165, 1.54) is 12.8 Å². The Balaban J connectivity index is 1.80. The van der Waals surface area contributed by atoms with E-state index in [0.29, 0.717) is 24.1 Å². The predicted molar refractivity (Wildman–Crippen MR) is 94.9 cm³/mol. The molecule has 1 aromatic rings. The van der Waals surface area contributed by atoms with Gasteiger partial charge in [0.25, 0.3) is 0 Å². The molecule has 1 aliphatic carbocycles. The molecule has 1 saturated carbocycles. The first-order chi connectivity index (χ1) is 11.7. The van der Waals surface area contributed by atoms with Crippen LogP contribution in [0.4, 0.5) is 4.79 Å². The van der Waals surface area contributed by atoms with Gasteiger partial charge in [0.15, 0.2) is 0 Å². The molecule has 0 radical (unpaired) electrons. The highest BCUT2D eigenvalue weighted by Crippen LogP contribution is 2.40. The second kappa shape index (κ2) is 7.92. The number of nitrogens with one attached hydrogen (secondary N) is 1. The molecule has 24 heavy (non-hydrogen) atoms. The van der Waals surface area contributed by atoms with E-state index in [1.807, 2.05) is 36.1 Å². The highest BCUT2D eigenvalue weighted by molar-refractivity contribution is 6.30. The topological polar surface area (TPSA) is 41.6 Å². The first-order valence-electron chi connectivity index (χ1n) is 8.60. The molecular formula is C19H23ClN2O2. The molecule has 1 aromatic carbocycles. The van der Waals surface area contributed by atoms with Gasteiger partial charge in [-0.15, -0.1) is 0 Å². The minimum Gasteiger partial charge on any atom is -0.450 e. The molecule has 0 aromatic heterocycles. The molecule has 2 aliphatic rings. The van der Waals surface area contributed by atoms with Gasteiger partial charge in [0, 0.05) is 36.1 Å². The van der Waals surface area contributed by atoms with Crippen molar-refractivity contribution in [2.75, 3.05) is 26.2 Å². The molecule has 4 nitrogen and oxygen atoms in total. The van der Waals surface area contributed by atoms with E-state index in [4.69, 9.17) is 16.3 Å². The molecule has 128 valence electrons. The summed E-state index contributed by atoms with van der Waals surface area (Å²) < 4.78 is 5.23. The van der Waals surface area contributed by atoms with E-state index in [2.05, 4.69) is 17.2 Å². The molecule has 1 saturated heterocycles. The van der Waals surface area contributed by atoms with Gasteiger partial charge < -0.3 is 15.0 Å². The number of carbonyl (C=O) groups excluding carboxylic acids is 1. The van der Waals surface area contributed by atoms with Crippen LogP contribution in [0.2, 0.25) is 5.02 Å².